The first kappa shape index (κ1) is 14.6. The zero-order valence-electron chi connectivity index (χ0n) is 12.5. The van der Waals surface area contributed by atoms with Crippen molar-refractivity contribution in [1.82, 2.24) is 0 Å². The average molecular weight is 269 g/mol. The van der Waals surface area contributed by atoms with E-state index in [1.165, 1.54) is 16.7 Å². The first-order valence-electron chi connectivity index (χ1n) is 7.12. The van der Waals surface area contributed by atoms with E-state index in [0.29, 0.717) is 0 Å². The Morgan fingerprint density at radius 1 is 1.05 bits per heavy atom. The minimum atomic E-state index is -0.0435. The smallest absolute Gasteiger partial charge is 0.123 e. The van der Waals surface area contributed by atoms with Crippen LogP contribution in [0.25, 0.3) is 0 Å². The molecular weight excluding hydrogens is 246 g/mol. The van der Waals surface area contributed by atoms with Gasteiger partial charge in [-0.1, -0.05) is 43.3 Å². The quantitative estimate of drug-likeness (QED) is 0.896. The van der Waals surface area contributed by atoms with E-state index in [1.807, 2.05) is 6.07 Å². The molecule has 2 aromatic rings. The van der Waals surface area contributed by atoms with Gasteiger partial charge in [-0.05, 0) is 42.5 Å². The van der Waals surface area contributed by atoms with Gasteiger partial charge in [0.2, 0.25) is 0 Å². The second kappa shape index (κ2) is 6.58. The number of hydrogen-bond donors (Lipinski definition) is 1. The lowest BCUT2D eigenvalue weighted by molar-refractivity contribution is 0.405. The van der Waals surface area contributed by atoms with Crippen molar-refractivity contribution < 1.29 is 4.74 Å². The van der Waals surface area contributed by atoms with Crippen molar-refractivity contribution in [3.63, 3.8) is 0 Å². The van der Waals surface area contributed by atoms with E-state index in [2.05, 4.69) is 50.2 Å². The molecule has 0 saturated heterocycles. The molecule has 0 heterocycles. The van der Waals surface area contributed by atoms with Crippen molar-refractivity contribution >= 4 is 0 Å². The summed E-state index contributed by atoms with van der Waals surface area (Å²) in [5.74, 6) is 0.877. The molecule has 0 saturated carbocycles. The van der Waals surface area contributed by atoms with E-state index < -0.39 is 0 Å². The summed E-state index contributed by atoms with van der Waals surface area (Å²) in [5, 5.41) is 0. The number of rotatable bonds is 5. The molecule has 0 fully saturated rings. The molecule has 0 aromatic heterocycles. The van der Waals surface area contributed by atoms with E-state index in [1.54, 1.807) is 7.11 Å². The van der Waals surface area contributed by atoms with Crippen LogP contribution in [-0.4, -0.2) is 7.11 Å². The maximum atomic E-state index is 6.34. The molecule has 20 heavy (non-hydrogen) atoms. The van der Waals surface area contributed by atoms with Gasteiger partial charge in [0.25, 0.3) is 0 Å². The molecule has 2 rings (SSSR count). The van der Waals surface area contributed by atoms with Crippen LogP contribution in [0.4, 0.5) is 0 Å². The molecule has 0 amide bonds. The molecule has 0 radical (unpaired) electrons. The van der Waals surface area contributed by atoms with Gasteiger partial charge in [-0.15, -0.1) is 0 Å². The van der Waals surface area contributed by atoms with Gasteiger partial charge in [0, 0.05) is 11.6 Å². The van der Waals surface area contributed by atoms with Gasteiger partial charge in [-0.2, -0.15) is 0 Å². The molecule has 0 aliphatic carbocycles. The third kappa shape index (κ3) is 3.40. The van der Waals surface area contributed by atoms with Gasteiger partial charge in [0.15, 0.2) is 0 Å². The molecule has 1 atom stereocenters. The highest BCUT2D eigenvalue weighted by atomic mass is 16.5. The summed E-state index contributed by atoms with van der Waals surface area (Å²) in [6, 6.07) is 14.8. The summed E-state index contributed by atoms with van der Waals surface area (Å²) in [7, 11) is 1.70. The van der Waals surface area contributed by atoms with Crippen LogP contribution in [0.5, 0.6) is 5.75 Å². The summed E-state index contributed by atoms with van der Waals surface area (Å²) in [6.45, 7) is 4.22. The molecule has 0 aliphatic heterocycles. The first-order chi connectivity index (χ1) is 9.63. The minimum Gasteiger partial charge on any atom is -0.496 e. The standard InChI is InChI=1S/C18H23NO/c1-4-14-6-8-15(9-7-14)12-17(19)16-10-5-13(2)11-18(16)20-3/h5-11,17H,4,12,19H2,1-3H3. The van der Waals surface area contributed by atoms with Crippen LogP contribution in [0.15, 0.2) is 42.5 Å². The summed E-state index contributed by atoms with van der Waals surface area (Å²) < 4.78 is 5.44. The lowest BCUT2D eigenvalue weighted by Gasteiger charge is -2.16. The number of hydrogen-bond acceptors (Lipinski definition) is 2. The highest BCUT2D eigenvalue weighted by molar-refractivity contribution is 5.40. The summed E-state index contributed by atoms with van der Waals surface area (Å²) in [6.07, 6.45) is 1.89. The van der Waals surface area contributed by atoms with Crippen molar-refractivity contribution in [3.05, 3.63) is 64.7 Å². The summed E-state index contributed by atoms with van der Waals surface area (Å²) in [5.41, 5.74) is 11.2. The van der Waals surface area contributed by atoms with Crippen LogP contribution in [-0.2, 0) is 12.8 Å². The maximum absolute atomic E-state index is 6.34. The number of aryl methyl sites for hydroxylation is 2. The van der Waals surface area contributed by atoms with Crippen molar-refractivity contribution in [2.45, 2.75) is 32.7 Å². The zero-order valence-corrected chi connectivity index (χ0v) is 12.5. The maximum Gasteiger partial charge on any atom is 0.123 e. The molecule has 2 N–H and O–H groups in total. The Kier molecular flexibility index (Phi) is 4.80. The van der Waals surface area contributed by atoms with Gasteiger partial charge in [0.1, 0.15) is 5.75 Å². The Morgan fingerprint density at radius 3 is 2.30 bits per heavy atom. The Hall–Kier alpha value is -1.80. The van der Waals surface area contributed by atoms with E-state index in [4.69, 9.17) is 10.5 Å². The van der Waals surface area contributed by atoms with E-state index in [-0.39, 0.29) is 6.04 Å². The van der Waals surface area contributed by atoms with Crippen LogP contribution >= 0.6 is 0 Å². The summed E-state index contributed by atoms with van der Waals surface area (Å²) >= 11 is 0. The molecule has 0 spiro atoms. The average Bonchev–Trinajstić information content (AvgIpc) is 2.47. The Bertz CT molecular complexity index is 560. The van der Waals surface area contributed by atoms with Crippen molar-refractivity contribution in [1.29, 1.82) is 0 Å². The third-order valence-electron chi connectivity index (χ3n) is 3.68. The Balaban J connectivity index is 2.16. The normalized spacial score (nSPS) is 12.2. The SMILES string of the molecule is CCc1ccc(CC(N)c2ccc(C)cc2OC)cc1. The predicted octanol–water partition coefficient (Wildman–Crippen LogP) is 3.81. The fraction of sp³-hybridized carbons (Fsp3) is 0.333. The molecule has 2 aromatic carbocycles. The van der Waals surface area contributed by atoms with Crippen molar-refractivity contribution in [3.8, 4) is 5.75 Å². The highest BCUT2D eigenvalue weighted by Gasteiger charge is 2.12. The van der Waals surface area contributed by atoms with Crippen molar-refractivity contribution in [2.75, 3.05) is 7.11 Å². The molecule has 2 heteroatoms. The van der Waals surface area contributed by atoms with E-state index in [0.717, 1.165) is 24.2 Å². The second-order valence-electron chi connectivity index (χ2n) is 5.23. The molecule has 2 nitrogen and oxygen atoms in total. The molecule has 0 aliphatic rings. The molecule has 106 valence electrons. The van der Waals surface area contributed by atoms with Crippen LogP contribution < -0.4 is 10.5 Å². The molecule has 1 unspecified atom stereocenters. The zero-order chi connectivity index (χ0) is 14.5. The summed E-state index contributed by atoms with van der Waals surface area (Å²) in [4.78, 5) is 0. The predicted molar refractivity (Wildman–Crippen MR) is 84.2 cm³/mol. The van der Waals surface area contributed by atoms with Gasteiger partial charge in [-0.3, -0.25) is 0 Å². The van der Waals surface area contributed by atoms with E-state index in [9.17, 15) is 0 Å². The largest absolute Gasteiger partial charge is 0.496 e. The van der Waals surface area contributed by atoms with Gasteiger partial charge in [0.05, 0.1) is 7.11 Å². The number of ether oxygens (including phenoxy) is 1. The Morgan fingerprint density at radius 2 is 1.70 bits per heavy atom. The lowest BCUT2D eigenvalue weighted by Crippen LogP contribution is -2.14. The fourth-order valence-corrected chi connectivity index (χ4v) is 2.40. The van der Waals surface area contributed by atoms with Gasteiger partial charge < -0.3 is 10.5 Å². The monoisotopic (exact) mass is 269 g/mol. The minimum absolute atomic E-state index is 0.0435. The number of methoxy groups -OCH3 is 1. The lowest BCUT2D eigenvalue weighted by atomic mass is 9.97. The van der Waals surface area contributed by atoms with Crippen molar-refractivity contribution in [2.24, 2.45) is 5.73 Å². The van der Waals surface area contributed by atoms with Crippen LogP contribution in [0, 0.1) is 6.92 Å². The van der Waals surface area contributed by atoms with Crippen LogP contribution in [0.1, 0.15) is 35.2 Å². The van der Waals surface area contributed by atoms with Crippen LogP contribution in [0.2, 0.25) is 0 Å². The number of nitrogens with two attached hydrogens (primary N) is 1. The molecule has 0 bridgehead atoms. The fourth-order valence-electron chi connectivity index (χ4n) is 2.40. The third-order valence-corrected chi connectivity index (χ3v) is 3.68. The Labute approximate surface area is 121 Å². The van der Waals surface area contributed by atoms with Gasteiger partial charge >= 0.3 is 0 Å². The molecular formula is C18H23NO. The second-order valence-corrected chi connectivity index (χ2v) is 5.23. The number of benzene rings is 2. The van der Waals surface area contributed by atoms with E-state index >= 15 is 0 Å². The first-order valence-corrected chi connectivity index (χ1v) is 7.12. The van der Waals surface area contributed by atoms with Gasteiger partial charge in [-0.25, -0.2) is 0 Å². The topological polar surface area (TPSA) is 35.2 Å². The highest BCUT2D eigenvalue weighted by Crippen LogP contribution is 2.27. The van der Waals surface area contributed by atoms with Crippen LogP contribution in [0.3, 0.4) is 0 Å².